The topological polar surface area (TPSA) is 44.0 Å². The van der Waals surface area contributed by atoms with Crippen molar-refractivity contribution >= 4 is 0 Å². The van der Waals surface area contributed by atoms with E-state index in [0.29, 0.717) is 12.1 Å². The molecule has 0 saturated heterocycles. The standard InChI is InChI=1S/C8H4F3NO/c9-5-1-4(7(13)3-12)2-6(10)8(5)11/h1-2,7,13H. The molecule has 1 aromatic carbocycles. The number of benzene rings is 1. The van der Waals surface area contributed by atoms with Crippen LogP contribution in [0.2, 0.25) is 0 Å². The summed E-state index contributed by atoms with van der Waals surface area (Å²) in [6.07, 6.45) is -1.65. The first-order valence-electron chi connectivity index (χ1n) is 3.28. The van der Waals surface area contributed by atoms with Crippen LogP contribution in [0.25, 0.3) is 0 Å². The Morgan fingerprint density at radius 2 is 1.69 bits per heavy atom. The predicted molar refractivity (Wildman–Crippen MR) is 36.9 cm³/mol. The Labute approximate surface area is 71.8 Å². The number of aliphatic hydroxyl groups is 1. The Morgan fingerprint density at radius 3 is 2.08 bits per heavy atom. The fourth-order valence-electron chi connectivity index (χ4n) is 0.808. The van der Waals surface area contributed by atoms with Gasteiger partial charge in [0.2, 0.25) is 0 Å². The maximum absolute atomic E-state index is 12.5. The number of nitrogens with zero attached hydrogens (tertiary/aromatic N) is 1. The Balaban J connectivity index is 3.22. The lowest BCUT2D eigenvalue weighted by molar-refractivity contribution is 0.234. The minimum absolute atomic E-state index is 0.307. The van der Waals surface area contributed by atoms with E-state index in [2.05, 4.69) is 0 Å². The molecule has 1 rings (SSSR count). The van der Waals surface area contributed by atoms with Crippen LogP contribution in [0.4, 0.5) is 13.2 Å². The lowest BCUT2D eigenvalue weighted by atomic mass is 10.1. The van der Waals surface area contributed by atoms with Crippen LogP contribution >= 0.6 is 0 Å². The minimum Gasteiger partial charge on any atom is -0.374 e. The summed E-state index contributed by atoms with van der Waals surface area (Å²) in [7, 11) is 0. The van der Waals surface area contributed by atoms with Crippen molar-refractivity contribution in [3.8, 4) is 6.07 Å². The van der Waals surface area contributed by atoms with E-state index in [-0.39, 0.29) is 5.56 Å². The van der Waals surface area contributed by atoms with Gasteiger partial charge in [-0.3, -0.25) is 0 Å². The van der Waals surface area contributed by atoms with Gasteiger partial charge in [0.1, 0.15) is 0 Å². The van der Waals surface area contributed by atoms with Gasteiger partial charge in [-0.1, -0.05) is 0 Å². The first kappa shape index (κ1) is 9.55. The second-order valence-electron chi connectivity index (χ2n) is 2.33. The van der Waals surface area contributed by atoms with Crippen LogP contribution in [-0.2, 0) is 0 Å². The third kappa shape index (κ3) is 1.79. The molecule has 0 bridgehead atoms. The molecule has 5 heteroatoms. The summed E-state index contributed by atoms with van der Waals surface area (Å²) >= 11 is 0. The molecular formula is C8H4F3NO. The van der Waals surface area contributed by atoms with E-state index >= 15 is 0 Å². The molecule has 13 heavy (non-hydrogen) atoms. The average molecular weight is 187 g/mol. The summed E-state index contributed by atoms with van der Waals surface area (Å²) in [5.41, 5.74) is -0.307. The third-order valence-corrected chi connectivity index (χ3v) is 1.44. The average Bonchev–Trinajstić information content (AvgIpc) is 2.12. The Hall–Kier alpha value is -1.54. The number of halogens is 3. The van der Waals surface area contributed by atoms with E-state index in [0.717, 1.165) is 0 Å². The highest BCUT2D eigenvalue weighted by atomic mass is 19.2. The van der Waals surface area contributed by atoms with Gasteiger partial charge in [0.05, 0.1) is 6.07 Å². The van der Waals surface area contributed by atoms with Crippen LogP contribution in [-0.4, -0.2) is 5.11 Å². The number of hydrogen-bond acceptors (Lipinski definition) is 2. The van der Waals surface area contributed by atoms with Crippen molar-refractivity contribution < 1.29 is 18.3 Å². The van der Waals surface area contributed by atoms with E-state index in [9.17, 15) is 13.2 Å². The Bertz CT molecular complexity index is 349. The van der Waals surface area contributed by atoms with Gasteiger partial charge in [-0.25, -0.2) is 13.2 Å². The first-order valence-corrected chi connectivity index (χ1v) is 3.28. The highest BCUT2D eigenvalue weighted by Crippen LogP contribution is 2.18. The molecule has 1 atom stereocenters. The molecule has 0 amide bonds. The quantitative estimate of drug-likeness (QED) is 0.536. The van der Waals surface area contributed by atoms with Crippen molar-refractivity contribution in [2.75, 3.05) is 0 Å². The molecule has 0 aromatic heterocycles. The van der Waals surface area contributed by atoms with Crippen LogP contribution < -0.4 is 0 Å². The second-order valence-corrected chi connectivity index (χ2v) is 2.33. The zero-order chi connectivity index (χ0) is 10.0. The number of rotatable bonds is 1. The van der Waals surface area contributed by atoms with Gasteiger partial charge in [-0.2, -0.15) is 5.26 Å². The Kier molecular flexibility index (Phi) is 2.54. The lowest BCUT2D eigenvalue weighted by Crippen LogP contribution is -1.99. The number of nitriles is 1. The van der Waals surface area contributed by atoms with Gasteiger partial charge < -0.3 is 5.11 Å². The smallest absolute Gasteiger partial charge is 0.194 e. The van der Waals surface area contributed by atoms with Crippen LogP contribution in [0.15, 0.2) is 12.1 Å². The maximum Gasteiger partial charge on any atom is 0.194 e. The molecule has 1 unspecified atom stereocenters. The highest BCUT2D eigenvalue weighted by molar-refractivity contribution is 5.24. The molecule has 0 spiro atoms. The molecule has 1 aromatic rings. The van der Waals surface area contributed by atoms with Crippen molar-refractivity contribution in [2.45, 2.75) is 6.10 Å². The van der Waals surface area contributed by atoms with Crippen molar-refractivity contribution in [2.24, 2.45) is 0 Å². The van der Waals surface area contributed by atoms with E-state index < -0.39 is 23.6 Å². The van der Waals surface area contributed by atoms with Crippen LogP contribution in [0.5, 0.6) is 0 Å². The molecule has 0 aliphatic rings. The SMILES string of the molecule is N#CC(O)c1cc(F)c(F)c(F)c1. The van der Waals surface area contributed by atoms with Gasteiger partial charge >= 0.3 is 0 Å². The molecular weight excluding hydrogens is 183 g/mol. The highest BCUT2D eigenvalue weighted by Gasteiger charge is 2.14. The minimum atomic E-state index is -1.65. The second kappa shape index (κ2) is 3.46. The van der Waals surface area contributed by atoms with Crippen LogP contribution in [0.1, 0.15) is 11.7 Å². The van der Waals surface area contributed by atoms with Gasteiger partial charge in [-0.05, 0) is 12.1 Å². The van der Waals surface area contributed by atoms with Crippen molar-refractivity contribution in [3.05, 3.63) is 35.1 Å². The van der Waals surface area contributed by atoms with E-state index in [1.807, 2.05) is 0 Å². The predicted octanol–water partition coefficient (Wildman–Crippen LogP) is 1.66. The molecule has 0 saturated carbocycles. The summed E-state index contributed by atoms with van der Waals surface area (Å²) in [5.74, 6) is -4.47. The summed E-state index contributed by atoms with van der Waals surface area (Å²) in [6, 6.07) is 2.51. The van der Waals surface area contributed by atoms with Crippen molar-refractivity contribution in [1.29, 1.82) is 5.26 Å². The number of aliphatic hydroxyl groups excluding tert-OH is 1. The van der Waals surface area contributed by atoms with Gasteiger partial charge in [0, 0.05) is 5.56 Å². The van der Waals surface area contributed by atoms with Crippen LogP contribution in [0, 0.1) is 28.8 Å². The van der Waals surface area contributed by atoms with Crippen molar-refractivity contribution in [1.82, 2.24) is 0 Å². The third-order valence-electron chi connectivity index (χ3n) is 1.44. The molecule has 1 N–H and O–H groups in total. The van der Waals surface area contributed by atoms with Gasteiger partial charge in [-0.15, -0.1) is 0 Å². The summed E-state index contributed by atoms with van der Waals surface area (Å²) < 4.78 is 37.4. The van der Waals surface area contributed by atoms with Gasteiger partial charge in [0.15, 0.2) is 23.6 Å². The Morgan fingerprint density at radius 1 is 1.23 bits per heavy atom. The lowest BCUT2D eigenvalue weighted by Gasteiger charge is -2.02. The largest absolute Gasteiger partial charge is 0.374 e. The first-order chi connectivity index (χ1) is 6.06. The van der Waals surface area contributed by atoms with Gasteiger partial charge in [0.25, 0.3) is 0 Å². The molecule has 0 fully saturated rings. The summed E-state index contributed by atoms with van der Waals surface area (Å²) in [5, 5.41) is 17.1. The molecule has 0 aliphatic carbocycles. The summed E-state index contributed by atoms with van der Waals surface area (Å²) in [4.78, 5) is 0. The zero-order valence-electron chi connectivity index (χ0n) is 6.26. The maximum atomic E-state index is 12.5. The summed E-state index contributed by atoms with van der Waals surface area (Å²) in [6.45, 7) is 0. The number of hydrogen-bond donors (Lipinski definition) is 1. The molecule has 68 valence electrons. The normalized spacial score (nSPS) is 12.2. The monoisotopic (exact) mass is 187 g/mol. The molecule has 0 radical (unpaired) electrons. The van der Waals surface area contributed by atoms with Crippen LogP contribution in [0.3, 0.4) is 0 Å². The molecule has 0 heterocycles. The van der Waals surface area contributed by atoms with E-state index in [1.54, 1.807) is 0 Å². The van der Waals surface area contributed by atoms with E-state index in [1.165, 1.54) is 6.07 Å². The fourth-order valence-corrected chi connectivity index (χ4v) is 0.808. The molecule has 2 nitrogen and oxygen atoms in total. The fraction of sp³-hybridized carbons (Fsp3) is 0.125. The molecule has 0 aliphatic heterocycles. The van der Waals surface area contributed by atoms with E-state index in [4.69, 9.17) is 10.4 Å². The van der Waals surface area contributed by atoms with Crippen molar-refractivity contribution in [3.63, 3.8) is 0 Å². The zero-order valence-corrected chi connectivity index (χ0v) is 6.26.